The van der Waals surface area contributed by atoms with Crippen molar-refractivity contribution in [2.75, 3.05) is 13.6 Å². The molecule has 1 aliphatic rings. The van der Waals surface area contributed by atoms with Crippen LogP contribution in [0.1, 0.15) is 34.7 Å². The van der Waals surface area contributed by atoms with Gasteiger partial charge in [0, 0.05) is 29.6 Å². The Kier molecular flexibility index (Phi) is 3.73. The van der Waals surface area contributed by atoms with E-state index in [1.807, 2.05) is 24.6 Å². The van der Waals surface area contributed by atoms with Crippen molar-refractivity contribution in [2.45, 2.75) is 32.5 Å². The Morgan fingerprint density at radius 3 is 3.26 bits per heavy atom. The highest BCUT2D eigenvalue weighted by atomic mass is 32.1. The molecule has 3 rings (SSSR count). The van der Waals surface area contributed by atoms with Crippen LogP contribution in [0.3, 0.4) is 0 Å². The molecule has 0 spiro atoms. The van der Waals surface area contributed by atoms with Crippen molar-refractivity contribution in [3.05, 3.63) is 45.5 Å². The lowest BCUT2D eigenvalue weighted by Gasteiger charge is -2.32. The maximum absolute atomic E-state index is 5.66. The highest BCUT2D eigenvalue weighted by molar-refractivity contribution is 7.10. The van der Waals surface area contributed by atoms with Crippen LogP contribution in [0.5, 0.6) is 0 Å². The van der Waals surface area contributed by atoms with E-state index in [2.05, 4.69) is 34.7 Å². The molecule has 4 heteroatoms. The van der Waals surface area contributed by atoms with Gasteiger partial charge in [-0.1, -0.05) is 0 Å². The monoisotopic (exact) mass is 276 g/mol. The molecular weight excluding hydrogens is 256 g/mol. The van der Waals surface area contributed by atoms with Crippen LogP contribution in [0, 0.1) is 0 Å². The fourth-order valence-electron chi connectivity index (χ4n) is 2.78. The normalized spacial score (nSPS) is 19.6. The fourth-order valence-corrected chi connectivity index (χ4v) is 3.75. The molecule has 1 atom stereocenters. The van der Waals surface area contributed by atoms with E-state index in [1.165, 1.54) is 17.5 Å². The van der Waals surface area contributed by atoms with E-state index in [-0.39, 0.29) is 0 Å². The molecule has 0 saturated carbocycles. The van der Waals surface area contributed by atoms with Crippen LogP contribution in [0.15, 0.2) is 28.2 Å². The van der Waals surface area contributed by atoms with Crippen molar-refractivity contribution in [2.24, 2.45) is 0 Å². The van der Waals surface area contributed by atoms with E-state index in [0.717, 1.165) is 25.4 Å². The van der Waals surface area contributed by atoms with Crippen LogP contribution in [0.2, 0.25) is 0 Å². The van der Waals surface area contributed by atoms with Gasteiger partial charge in [-0.15, -0.1) is 11.3 Å². The summed E-state index contributed by atoms with van der Waals surface area (Å²) in [6, 6.07) is 4.92. The van der Waals surface area contributed by atoms with Gasteiger partial charge in [-0.3, -0.25) is 4.90 Å². The minimum absolute atomic E-state index is 0.493. The molecule has 3 heterocycles. The fraction of sp³-hybridized carbons (Fsp3) is 0.467. The van der Waals surface area contributed by atoms with Gasteiger partial charge >= 0.3 is 0 Å². The van der Waals surface area contributed by atoms with Crippen LogP contribution in [0.25, 0.3) is 0 Å². The molecule has 0 aromatic carbocycles. The van der Waals surface area contributed by atoms with Crippen molar-refractivity contribution < 1.29 is 4.42 Å². The van der Waals surface area contributed by atoms with E-state index in [1.54, 1.807) is 4.88 Å². The molecule has 1 unspecified atom stereocenters. The topological polar surface area (TPSA) is 28.4 Å². The molecule has 19 heavy (non-hydrogen) atoms. The van der Waals surface area contributed by atoms with Gasteiger partial charge in [-0.25, -0.2) is 0 Å². The zero-order valence-electron chi connectivity index (χ0n) is 11.5. The molecule has 0 saturated heterocycles. The zero-order valence-corrected chi connectivity index (χ0v) is 12.3. The third-order valence-corrected chi connectivity index (χ3v) is 4.85. The molecule has 0 fully saturated rings. The van der Waals surface area contributed by atoms with Gasteiger partial charge in [-0.2, -0.15) is 0 Å². The van der Waals surface area contributed by atoms with Crippen LogP contribution in [-0.4, -0.2) is 18.5 Å². The van der Waals surface area contributed by atoms with Gasteiger partial charge in [0.15, 0.2) is 0 Å². The number of nitrogens with one attached hydrogen (secondary N) is 1. The number of thiophene rings is 1. The average molecular weight is 276 g/mol. The summed E-state index contributed by atoms with van der Waals surface area (Å²) in [6.45, 7) is 5.19. The Balaban J connectivity index is 1.70. The zero-order chi connectivity index (χ0) is 13.2. The minimum Gasteiger partial charge on any atom is -0.468 e. The van der Waals surface area contributed by atoms with E-state index in [4.69, 9.17) is 4.42 Å². The predicted octanol–water partition coefficient (Wildman–Crippen LogP) is 3.18. The highest BCUT2D eigenvalue weighted by Crippen LogP contribution is 2.33. The van der Waals surface area contributed by atoms with E-state index < -0.39 is 0 Å². The van der Waals surface area contributed by atoms with Gasteiger partial charge in [0.2, 0.25) is 0 Å². The number of hydrogen-bond donors (Lipinski definition) is 1. The summed E-state index contributed by atoms with van der Waals surface area (Å²) in [5.41, 5.74) is 2.72. The Hall–Kier alpha value is -1.10. The second-order valence-corrected chi connectivity index (χ2v) is 6.15. The summed E-state index contributed by atoms with van der Waals surface area (Å²) < 4.78 is 5.66. The number of hydrogen-bond acceptors (Lipinski definition) is 4. The van der Waals surface area contributed by atoms with Gasteiger partial charge in [-0.05, 0) is 43.5 Å². The first-order chi connectivity index (χ1) is 9.28. The van der Waals surface area contributed by atoms with Crippen molar-refractivity contribution in [3.63, 3.8) is 0 Å². The smallest absolute Gasteiger partial charge is 0.118 e. The van der Waals surface area contributed by atoms with Gasteiger partial charge < -0.3 is 9.73 Å². The number of furan rings is 1. The molecule has 102 valence electrons. The third kappa shape index (κ3) is 2.61. The Bertz CT molecular complexity index is 546. The van der Waals surface area contributed by atoms with Crippen molar-refractivity contribution in [1.29, 1.82) is 0 Å². The molecule has 0 bridgehead atoms. The Morgan fingerprint density at radius 1 is 1.53 bits per heavy atom. The lowest BCUT2D eigenvalue weighted by atomic mass is 10.0. The molecule has 1 N–H and O–H groups in total. The van der Waals surface area contributed by atoms with Crippen LogP contribution < -0.4 is 5.32 Å². The van der Waals surface area contributed by atoms with Crippen molar-refractivity contribution in [1.82, 2.24) is 10.2 Å². The standard InChI is InChI=1S/C15H20N2OS/c1-11-14-4-6-19-15(14)3-5-17(11)9-13-7-12(8-16-2)10-18-13/h4,6-7,10-11,16H,3,5,8-9H2,1-2H3. The van der Waals surface area contributed by atoms with E-state index in [9.17, 15) is 0 Å². The quantitative estimate of drug-likeness (QED) is 0.929. The molecule has 2 aromatic rings. The largest absolute Gasteiger partial charge is 0.468 e. The van der Waals surface area contributed by atoms with Crippen LogP contribution >= 0.6 is 11.3 Å². The van der Waals surface area contributed by atoms with Crippen LogP contribution in [0.4, 0.5) is 0 Å². The highest BCUT2D eigenvalue weighted by Gasteiger charge is 2.25. The summed E-state index contributed by atoms with van der Waals surface area (Å²) in [5, 5.41) is 5.36. The number of nitrogens with zero attached hydrogens (tertiary/aromatic N) is 1. The average Bonchev–Trinajstić information content (AvgIpc) is 3.03. The molecule has 2 aromatic heterocycles. The number of rotatable bonds is 4. The SMILES string of the molecule is CNCc1coc(CN2CCc3sccc3C2C)c1. The molecule has 0 aliphatic carbocycles. The molecule has 0 amide bonds. The summed E-state index contributed by atoms with van der Waals surface area (Å²) in [4.78, 5) is 4.05. The van der Waals surface area contributed by atoms with Gasteiger partial charge in [0.05, 0.1) is 12.8 Å². The molecule has 1 aliphatic heterocycles. The maximum Gasteiger partial charge on any atom is 0.118 e. The first-order valence-corrected chi connectivity index (χ1v) is 7.67. The van der Waals surface area contributed by atoms with E-state index in [0.29, 0.717) is 6.04 Å². The van der Waals surface area contributed by atoms with Gasteiger partial charge in [0.25, 0.3) is 0 Å². The van der Waals surface area contributed by atoms with Crippen molar-refractivity contribution >= 4 is 11.3 Å². The van der Waals surface area contributed by atoms with Gasteiger partial charge in [0.1, 0.15) is 5.76 Å². The Morgan fingerprint density at radius 2 is 2.42 bits per heavy atom. The summed E-state index contributed by atoms with van der Waals surface area (Å²) in [5.74, 6) is 1.07. The summed E-state index contributed by atoms with van der Waals surface area (Å²) in [7, 11) is 1.96. The predicted molar refractivity (Wildman–Crippen MR) is 78.3 cm³/mol. The minimum atomic E-state index is 0.493. The lowest BCUT2D eigenvalue weighted by Crippen LogP contribution is -2.32. The molecular formula is C15H20N2OS. The third-order valence-electron chi connectivity index (χ3n) is 3.85. The number of fused-ring (bicyclic) bond motifs is 1. The van der Waals surface area contributed by atoms with Crippen molar-refractivity contribution in [3.8, 4) is 0 Å². The van der Waals surface area contributed by atoms with Crippen LogP contribution in [-0.2, 0) is 19.5 Å². The first-order valence-electron chi connectivity index (χ1n) is 6.79. The lowest BCUT2D eigenvalue weighted by molar-refractivity contribution is 0.177. The second kappa shape index (κ2) is 5.49. The Labute approximate surface area is 118 Å². The van der Waals surface area contributed by atoms with E-state index >= 15 is 0 Å². The summed E-state index contributed by atoms with van der Waals surface area (Å²) >= 11 is 1.89. The maximum atomic E-state index is 5.66. The second-order valence-electron chi connectivity index (χ2n) is 5.15. The summed E-state index contributed by atoms with van der Waals surface area (Å²) in [6.07, 6.45) is 3.03. The molecule has 3 nitrogen and oxygen atoms in total. The molecule has 0 radical (unpaired) electrons. The first kappa shape index (κ1) is 12.9.